The van der Waals surface area contributed by atoms with E-state index < -0.39 is 10.0 Å². The molecule has 7 heteroatoms. The highest BCUT2D eigenvalue weighted by atomic mass is 127. The van der Waals surface area contributed by atoms with Crippen LogP contribution in [0.3, 0.4) is 0 Å². The Morgan fingerprint density at radius 3 is 2.42 bits per heavy atom. The molecule has 0 saturated carbocycles. The number of nitrogens with one attached hydrogen (secondary N) is 2. The summed E-state index contributed by atoms with van der Waals surface area (Å²) in [6.45, 7) is 4.01. The molecule has 0 bridgehead atoms. The Balaban J connectivity index is 2.23. The van der Waals surface area contributed by atoms with Gasteiger partial charge in [-0.1, -0.05) is 13.8 Å². The summed E-state index contributed by atoms with van der Waals surface area (Å²) in [6.07, 6.45) is 0. The Kier molecular flexibility index (Phi) is 4.14. The van der Waals surface area contributed by atoms with Crippen LogP contribution in [0.15, 0.2) is 35.2 Å². The Hall–Kier alpha value is -1.09. The molecule has 1 heterocycles. The van der Waals surface area contributed by atoms with E-state index in [-0.39, 0.29) is 10.8 Å². The standard InChI is InChI=1S/C12H14IN3O2S/c1-8(2)11-7-12(15-14-11)16-19(17,18)10-5-3-9(13)4-6-10/h3-8H,1-2H3,(H2,14,15,16). The second-order valence-corrected chi connectivity index (χ2v) is 7.35. The lowest BCUT2D eigenvalue weighted by molar-refractivity contribution is 0.601. The number of nitrogens with zero attached hydrogens (tertiary/aromatic N) is 1. The first kappa shape index (κ1) is 14.3. The number of rotatable bonds is 4. The van der Waals surface area contributed by atoms with Crippen molar-refractivity contribution >= 4 is 38.4 Å². The molecule has 0 unspecified atom stereocenters. The van der Waals surface area contributed by atoms with E-state index in [0.717, 1.165) is 9.26 Å². The van der Waals surface area contributed by atoms with Gasteiger partial charge in [0, 0.05) is 15.3 Å². The van der Waals surface area contributed by atoms with Crippen LogP contribution >= 0.6 is 22.6 Å². The smallest absolute Gasteiger partial charge is 0.263 e. The number of sulfonamides is 1. The first-order valence-electron chi connectivity index (χ1n) is 5.72. The fourth-order valence-electron chi connectivity index (χ4n) is 1.50. The third-order valence-electron chi connectivity index (χ3n) is 2.58. The van der Waals surface area contributed by atoms with Gasteiger partial charge in [0.15, 0.2) is 5.82 Å². The second-order valence-electron chi connectivity index (χ2n) is 4.42. The monoisotopic (exact) mass is 391 g/mol. The second kappa shape index (κ2) is 5.49. The van der Waals surface area contributed by atoms with Crippen molar-refractivity contribution < 1.29 is 8.42 Å². The van der Waals surface area contributed by atoms with Crippen LogP contribution in [0.5, 0.6) is 0 Å². The van der Waals surface area contributed by atoms with Crippen LogP contribution in [-0.4, -0.2) is 18.6 Å². The number of aromatic amines is 1. The van der Waals surface area contributed by atoms with E-state index in [1.54, 1.807) is 30.3 Å². The molecule has 102 valence electrons. The number of hydrogen-bond acceptors (Lipinski definition) is 3. The maximum absolute atomic E-state index is 12.1. The van der Waals surface area contributed by atoms with Gasteiger partial charge in [0.05, 0.1) is 4.90 Å². The third-order valence-corrected chi connectivity index (χ3v) is 4.67. The average Bonchev–Trinajstić information content (AvgIpc) is 2.77. The molecule has 0 amide bonds. The van der Waals surface area contributed by atoms with E-state index in [0.29, 0.717) is 5.82 Å². The van der Waals surface area contributed by atoms with Crippen LogP contribution in [0.25, 0.3) is 0 Å². The van der Waals surface area contributed by atoms with Gasteiger partial charge < -0.3 is 0 Å². The van der Waals surface area contributed by atoms with Crippen LogP contribution in [-0.2, 0) is 10.0 Å². The van der Waals surface area contributed by atoms with E-state index in [1.807, 2.05) is 13.8 Å². The van der Waals surface area contributed by atoms with Gasteiger partial charge in [0.25, 0.3) is 10.0 Å². The SMILES string of the molecule is CC(C)c1cc(NS(=O)(=O)c2ccc(I)cc2)n[nH]1. The summed E-state index contributed by atoms with van der Waals surface area (Å²) in [6, 6.07) is 8.34. The largest absolute Gasteiger partial charge is 0.280 e. The molecule has 2 N–H and O–H groups in total. The molecule has 1 aromatic heterocycles. The Morgan fingerprint density at radius 2 is 1.89 bits per heavy atom. The summed E-state index contributed by atoms with van der Waals surface area (Å²) < 4.78 is 27.7. The molecule has 1 aromatic carbocycles. The van der Waals surface area contributed by atoms with Gasteiger partial charge in [-0.15, -0.1) is 0 Å². The molecule has 2 aromatic rings. The summed E-state index contributed by atoms with van der Waals surface area (Å²) in [4.78, 5) is 0.224. The Labute approximate surface area is 126 Å². The molecule has 5 nitrogen and oxygen atoms in total. The average molecular weight is 391 g/mol. The lowest BCUT2D eigenvalue weighted by atomic mass is 10.1. The van der Waals surface area contributed by atoms with Gasteiger partial charge >= 0.3 is 0 Å². The van der Waals surface area contributed by atoms with Crippen molar-refractivity contribution in [3.63, 3.8) is 0 Å². The van der Waals surface area contributed by atoms with Crippen molar-refractivity contribution in [2.75, 3.05) is 4.72 Å². The van der Waals surface area contributed by atoms with Gasteiger partial charge in [-0.25, -0.2) is 8.42 Å². The van der Waals surface area contributed by atoms with E-state index in [4.69, 9.17) is 0 Å². The lowest BCUT2D eigenvalue weighted by Crippen LogP contribution is -2.13. The molecule has 0 atom stereocenters. The Morgan fingerprint density at radius 1 is 1.26 bits per heavy atom. The maximum atomic E-state index is 12.1. The molecule has 0 aliphatic carbocycles. The van der Waals surface area contributed by atoms with Gasteiger partial charge in [-0.3, -0.25) is 9.82 Å². The van der Waals surface area contributed by atoms with Gasteiger partial charge in [-0.05, 0) is 52.8 Å². The third kappa shape index (κ3) is 3.47. The predicted octanol–water partition coefficient (Wildman–Crippen LogP) is 2.94. The van der Waals surface area contributed by atoms with E-state index >= 15 is 0 Å². The number of halogens is 1. The summed E-state index contributed by atoms with van der Waals surface area (Å²) in [5.41, 5.74) is 0.889. The molecular weight excluding hydrogens is 377 g/mol. The molecule has 2 rings (SSSR count). The number of hydrogen-bond donors (Lipinski definition) is 2. The molecule has 0 fully saturated rings. The van der Waals surface area contributed by atoms with Crippen molar-refractivity contribution in [1.82, 2.24) is 10.2 Å². The predicted molar refractivity (Wildman–Crippen MR) is 82.6 cm³/mol. The minimum absolute atomic E-state index is 0.224. The Bertz CT molecular complexity index is 663. The fraction of sp³-hybridized carbons (Fsp3) is 0.250. The first-order valence-corrected chi connectivity index (χ1v) is 8.28. The van der Waals surface area contributed by atoms with E-state index in [2.05, 4.69) is 37.5 Å². The molecule has 0 saturated heterocycles. The number of H-pyrrole nitrogens is 1. The van der Waals surface area contributed by atoms with Crippen molar-refractivity contribution in [2.45, 2.75) is 24.7 Å². The molecule has 0 radical (unpaired) electrons. The van der Waals surface area contributed by atoms with Gasteiger partial charge in [0.1, 0.15) is 0 Å². The summed E-state index contributed by atoms with van der Waals surface area (Å²) >= 11 is 2.13. The number of anilines is 1. The minimum atomic E-state index is -3.58. The van der Waals surface area contributed by atoms with Crippen LogP contribution in [0, 0.1) is 3.57 Å². The van der Waals surface area contributed by atoms with E-state index in [9.17, 15) is 8.42 Å². The zero-order chi connectivity index (χ0) is 14.0. The van der Waals surface area contributed by atoms with Crippen molar-refractivity contribution in [3.05, 3.63) is 39.6 Å². The first-order chi connectivity index (χ1) is 8.88. The highest BCUT2D eigenvalue weighted by Crippen LogP contribution is 2.19. The van der Waals surface area contributed by atoms with Crippen LogP contribution in [0.4, 0.5) is 5.82 Å². The molecule has 0 aliphatic rings. The zero-order valence-electron chi connectivity index (χ0n) is 10.5. The van der Waals surface area contributed by atoms with Crippen LogP contribution < -0.4 is 4.72 Å². The van der Waals surface area contributed by atoms with Crippen molar-refractivity contribution in [1.29, 1.82) is 0 Å². The summed E-state index contributed by atoms with van der Waals surface area (Å²) in [5.74, 6) is 0.575. The normalized spacial score (nSPS) is 11.8. The van der Waals surface area contributed by atoms with Crippen molar-refractivity contribution in [3.8, 4) is 0 Å². The highest BCUT2D eigenvalue weighted by Gasteiger charge is 2.16. The topological polar surface area (TPSA) is 74.8 Å². The quantitative estimate of drug-likeness (QED) is 0.788. The van der Waals surface area contributed by atoms with Crippen LogP contribution in [0.1, 0.15) is 25.5 Å². The summed E-state index contributed by atoms with van der Waals surface area (Å²) in [7, 11) is -3.58. The lowest BCUT2D eigenvalue weighted by Gasteiger charge is -2.05. The number of benzene rings is 1. The number of aromatic nitrogens is 2. The molecule has 0 aliphatic heterocycles. The maximum Gasteiger partial charge on any atom is 0.263 e. The highest BCUT2D eigenvalue weighted by molar-refractivity contribution is 14.1. The van der Waals surface area contributed by atoms with E-state index in [1.165, 1.54) is 0 Å². The van der Waals surface area contributed by atoms with Gasteiger partial charge in [0.2, 0.25) is 0 Å². The van der Waals surface area contributed by atoms with Gasteiger partial charge in [-0.2, -0.15) is 5.10 Å². The minimum Gasteiger partial charge on any atom is -0.280 e. The summed E-state index contributed by atoms with van der Waals surface area (Å²) in [5, 5.41) is 6.76. The fourth-order valence-corrected chi connectivity index (χ4v) is 2.85. The molecular formula is C12H14IN3O2S. The van der Waals surface area contributed by atoms with Crippen molar-refractivity contribution in [2.24, 2.45) is 0 Å². The molecule has 0 spiro atoms. The van der Waals surface area contributed by atoms with Crippen LogP contribution in [0.2, 0.25) is 0 Å². The zero-order valence-corrected chi connectivity index (χ0v) is 13.5. The molecule has 19 heavy (non-hydrogen) atoms.